The minimum Gasteiger partial charge on any atom is -0.330 e. The molecule has 2 heteroatoms. The number of rotatable bonds is 2. The molecule has 0 spiro atoms. The predicted octanol–water partition coefficient (Wildman–Crippen LogP) is 1.85. The Morgan fingerprint density at radius 2 is 2.21 bits per heavy atom. The summed E-state index contributed by atoms with van der Waals surface area (Å²) >= 11 is 0. The highest BCUT2D eigenvalue weighted by Gasteiger charge is 2.35. The van der Waals surface area contributed by atoms with Crippen molar-refractivity contribution in [3.8, 4) is 0 Å². The molecular formula is C12H24N2. The first kappa shape index (κ1) is 10.4. The first-order valence-electron chi connectivity index (χ1n) is 6.29. The van der Waals surface area contributed by atoms with Crippen molar-refractivity contribution in [2.75, 3.05) is 19.6 Å². The second kappa shape index (κ2) is 4.63. The van der Waals surface area contributed by atoms with Gasteiger partial charge >= 0.3 is 0 Å². The summed E-state index contributed by atoms with van der Waals surface area (Å²) in [5, 5.41) is 0. The van der Waals surface area contributed by atoms with Gasteiger partial charge in [-0.2, -0.15) is 0 Å². The van der Waals surface area contributed by atoms with E-state index in [1.165, 1.54) is 45.2 Å². The van der Waals surface area contributed by atoms with Crippen molar-refractivity contribution in [2.24, 2.45) is 17.6 Å². The van der Waals surface area contributed by atoms with Crippen molar-refractivity contribution in [3.63, 3.8) is 0 Å². The maximum atomic E-state index is 5.90. The molecule has 2 aliphatic heterocycles. The van der Waals surface area contributed by atoms with Crippen LogP contribution in [0.1, 0.15) is 39.0 Å². The fourth-order valence-corrected chi connectivity index (χ4v) is 3.32. The highest BCUT2D eigenvalue weighted by molar-refractivity contribution is 4.90. The summed E-state index contributed by atoms with van der Waals surface area (Å²) < 4.78 is 0. The van der Waals surface area contributed by atoms with E-state index in [2.05, 4.69) is 11.8 Å². The van der Waals surface area contributed by atoms with Crippen LogP contribution in [0.3, 0.4) is 0 Å². The first-order valence-corrected chi connectivity index (χ1v) is 6.29. The van der Waals surface area contributed by atoms with Gasteiger partial charge in [0.1, 0.15) is 0 Å². The standard InChI is InChI=1S/C12H24N2/c1-2-10-7-11(8-13)12-5-3-4-6-14(12)9-10/h10-12H,2-9,13H2,1H3/t10-,11+,12+/m1/s1. The molecule has 82 valence electrons. The Morgan fingerprint density at radius 1 is 1.36 bits per heavy atom. The molecule has 2 rings (SSSR count). The lowest BCUT2D eigenvalue weighted by molar-refractivity contribution is 0.0301. The van der Waals surface area contributed by atoms with E-state index in [0.29, 0.717) is 0 Å². The molecule has 2 saturated heterocycles. The van der Waals surface area contributed by atoms with Crippen molar-refractivity contribution in [2.45, 2.75) is 45.1 Å². The van der Waals surface area contributed by atoms with E-state index in [0.717, 1.165) is 24.4 Å². The highest BCUT2D eigenvalue weighted by Crippen LogP contribution is 2.33. The summed E-state index contributed by atoms with van der Waals surface area (Å²) in [6, 6.07) is 0.830. The number of hydrogen-bond donors (Lipinski definition) is 1. The van der Waals surface area contributed by atoms with Gasteiger partial charge in [0.25, 0.3) is 0 Å². The molecular weight excluding hydrogens is 172 g/mol. The molecule has 0 aromatic heterocycles. The normalized spacial score (nSPS) is 39.4. The SMILES string of the molecule is CC[C@@H]1C[C@@H](CN)[C@@H]2CCCCN2C1. The molecule has 2 fully saturated rings. The van der Waals surface area contributed by atoms with Gasteiger partial charge in [0.2, 0.25) is 0 Å². The number of hydrogen-bond acceptors (Lipinski definition) is 2. The predicted molar refractivity (Wildman–Crippen MR) is 60.2 cm³/mol. The zero-order valence-corrected chi connectivity index (χ0v) is 9.41. The average Bonchev–Trinajstić information content (AvgIpc) is 2.27. The summed E-state index contributed by atoms with van der Waals surface area (Å²) in [6.45, 7) is 5.90. The molecule has 0 radical (unpaired) electrons. The van der Waals surface area contributed by atoms with Crippen LogP contribution in [-0.2, 0) is 0 Å². The molecule has 0 unspecified atom stereocenters. The van der Waals surface area contributed by atoms with Gasteiger partial charge in [-0.3, -0.25) is 4.90 Å². The van der Waals surface area contributed by atoms with Gasteiger partial charge in [-0.15, -0.1) is 0 Å². The molecule has 2 N–H and O–H groups in total. The second-order valence-corrected chi connectivity index (χ2v) is 5.06. The fourth-order valence-electron chi connectivity index (χ4n) is 3.32. The van der Waals surface area contributed by atoms with E-state index < -0.39 is 0 Å². The van der Waals surface area contributed by atoms with Crippen LogP contribution in [0.4, 0.5) is 0 Å². The lowest BCUT2D eigenvalue weighted by Gasteiger charge is -2.47. The van der Waals surface area contributed by atoms with E-state index >= 15 is 0 Å². The molecule has 2 aliphatic rings. The summed E-state index contributed by atoms with van der Waals surface area (Å²) in [5.74, 6) is 1.70. The van der Waals surface area contributed by atoms with Crippen molar-refractivity contribution >= 4 is 0 Å². The molecule has 14 heavy (non-hydrogen) atoms. The second-order valence-electron chi connectivity index (χ2n) is 5.06. The average molecular weight is 196 g/mol. The topological polar surface area (TPSA) is 29.3 Å². The van der Waals surface area contributed by atoms with Crippen LogP contribution in [0.25, 0.3) is 0 Å². The minimum absolute atomic E-state index is 0.786. The van der Waals surface area contributed by atoms with Gasteiger partial charge in [0.05, 0.1) is 0 Å². The first-order chi connectivity index (χ1) is 6.85. The molecule has 0 aromatic rings. The van der Waals surface area contributed by atoms with E-state index in [4.69, 9.17) is 5.73 Å². The largest absolute Gasteiger partial charge is 0.330 e. The maximum Gasteiger partial charge on any atom is 0.0136 e. The Labute approximate surface area is 87.8 Å². The Bertz CT molecular complexity index is 173. The third-order valence-corrected chi connectivity index (χ3v) is 4.22. The molecule has 0 amide bonds. The molecule has 0 bridgehead atoms. The number of nitrogens with zero attached hydrogens (tertiary/aromatic N) is 1. The van der Waals surface area contributed by atoms with Crippen LogP contribution in [0.2, 0.25) is 0 Å². The third kappa shape index (κ3) is 1.96. The van der Waals surface area contributed by atoms with Crippen LogP contribution in [-0.4, -0.2) is 30.6 Å². The fraction of sp³-hybridized carbons (Fsp3) is 1.00. The summed E-state index contributed by atoms with van der Waals surface area (Å²) in [4.78, 5) is 2.72. The molecule has 2 nitrogen and oxygen atoms in total. The Morgan fingerprint density at radius 3 is 2.93 bits per heavy atom. The zero-order valence-electron chi connectivity index (χ0n) is 9.41. The van der Waals surface area contributed by atoms with E-state index in [-0.39, 0.29) is 0 Å². The minimum atomic E-state index is 0.786. The molecule has 0 saturated carbocycles. The molecule has 0 aromatic carbocycles. The van der Waals surface area contributed by atoms with Crippen molar-refractivity contribution in [1.82, 2.24) is 4.90 Å². The Kier molecular flexibility index (Phi) is 3.45. The number of nitrogens with two attached hydrogens (primary N) is 1. The van der Waals surface area contributed by atoms with E-state index in [1.54, 1.807) is 0 Å². The summed E-state index contributed by atoms with van der Waals surface area (Å²) in [7, 11) is 0. The molecule has 2 heterocycles. The monoisotopic (exact) mass is 196 g/mol. The van der Waals surface area contributed by atoms with E-state index in [9.17, 15) is 0 Å². The Hall–Kier alpha value is -0.0800. The van der Waals surface area contributed by atoms with Gasteiger partial charge in [0, 0.05) is 12.6 Å². The van der Waals surface area contributed by atoms with Crippen molar-refractivity contribution in [3.05, 3.63) is 0 Å². The lowest BCUT2D eigenvalue weighted by atomic mass is 9.78. The van der Waals surface area contributed by atoms with Gasteiger partial charge in [-0.1, -0.05) is 19.8 Å². The maximum absolute atomic E-state index is 5.90. The van der Waals surface area contributed by atoms with Gasteiger partial charge in [-0.25, -0.2) is 0 Å². The van der Waals surface area contributed by atoms with Crippen LogP contribution >= 0.6 is 0 Å². The Balaban J connectivity index is 2.01. The van der Waals surface area contributed by atoms with Crippen molar-refractivity contribution in [1.29, 1.82) is 0 Å². The van der Waals surface area contributed by atoms with E-state index in [1.807, 2.05) is 0 Å². The van der Waals surface area contributed by atoms with Gasteiger partial charge in [0.15, 0.2) is 0 Å². The van der Waals surface area contributed by atoms with Gasteiger partial charge < -0.3 is 5.73 Å². The third-order valence-electron chi connectivity index (χ3n) is 4.22. The lowest BCUT2D eigenvalue weighted by Crippen LogP contribution is -2.52. The van der Waals surface area contributed by atoms with Crippen LogP contribution in [0.15, 0.2) is 0 Å². The summed E-state index contributed by atoms with van der Waals surface area (Å²) in [6.07, 6.45) is 6.95. The van der Waals surface area contributed by atoms with Gasteiger partial charge in [-0.05, 0) is 44.2 Å². The number of fused-ring (bicyclic) bond motifs is 1. The smallest absolute Gasteiger partial charge is 0.0136 e. The molecule has 3 atom stereocenters. The highest BCUT2D eigenvalue weighted by atomic mass is 15.2. The van der Waals surface area contributed by atoms with Crippen molar-refractivity contribution < 1.29 is 0 Å². The van der Waals surface area contributed by atoms with Crippen LogP contribution in [0, 0.1) is 11.8 Å². The molecule has 0 aliphatic carbocycles. The quantitative estimate of drug-likeness (QED) is 0.730. The zero-order chi connectivity index (χ0) is 9.97. The van der Waals surface area contributed by atoms with Crippen LogP contribution in [0.5, 0.6) is 0 Å². The summed E-state index contributed by atoms with van der Waals surface area (Å²) in [5.41, 5.74) is 5.90. The number of piperidine rings is 2. The van der Waals surface area contributed by atoms with Crippen LogP contribution < -0.4 is 5.73 Å².